The zero-order chi connectivity index (χ0) is 38.5. The van der Waals surface area contributed by atoms with Gasteiger partial charge in [0.25, 0.3) is 0 Å². The minimum absolute atomic E-state index is 0. The average molecular weight is 867 g/mol. The molecule has 0 spiro atoms. The molecule has 0 aromatic heterocycles. The van der Waals surface area contributed by atoms with E-state index < -0.39 is 21.3 Å². The first-order valence-electron chi connectivity index (χ1n) is 19.9. The topological polar surface area (TPSA) is 0 Å². The molecule has 0 radical (unpaired) electrons. The Labute approximate surface area is 354 Å². The molecule has 0 heterocycles. The SMILES string of the molecule is CCC1C=C(C(C)(C)C)C=[C]1[Zr+2](=[C](c1ccc(F)cc1)c1ccc(F)cc1)[CH]1c2cc3c(cc2-c2cc4c(cc21)C(C)(C)CC=C4C)C(C)=CCC3(C)C.[Cl-].[Cl-]. The van der Waals surface area contributed by atoms with E-state index >= 15 is 0 Å². The van der Waals surface area contributed by atoms with Crippen LogP contribution in [0.4, 0.5) is 8.78 Å². The summed E-state index contributed by atoms with van der Waals surface area (Å²) >= 11 is -3.27. The fraction of sp³-hybridized carbons (Fsp3) is 0.353. The summed E-state index contributed by atoms with van der Waals surface area (Å²) in [6.07, 6.45) is 13.0. The van der Waals surface area contributed by atoms with Gasteiger partial charge in [-0.15, -0.1) is 0 Å². The molecule has 0 nitrogen and oxygen atoms in total. The van der Waals surface area contributed by atoms with E-state index in [1.807, 2.05) is 24.3 Å². The second-order valence-electron chi connectivity index (χ2n) is 18.6. The molecule has 4 aliphatic rings. The van der Waals surface area contributed by atoms with Gasteiger partial charge >= 0.3 is 332 Å². The van der Waals surface area contributed by atoms with Gasteiger partial charge in [0.15, 0.2) is 0 Å². The predicted octanol–water partition coefficient (Wildman–Crippen LogP) is 8.00. The first-order valence-corrected chi connectivity index (χ1v) is 23.8. The molecule has 4 aromatic carbocycles. The number of benzene rings is 4. The summed E-state index contributed by atoms with van der Waals surface area (Å²) in [6, 6.07) is 24.6. The van der Waals surface area contributed by atoms with Crippen LogP contribution >= 0.6 is 0 Å². The van der Waals surface area contributed by atoms with E-state index in [9.17, 15) is 8.78 Å². The summed E-state index contributed by atoms with van der Waals surface area (Å²) < 4.78 is 32.6. The van der Waals surface area contributed by atoms with E-state index in [1.165, 1.54) is 64.4 Å². The third kappa shape index (κ3) is 7.22. The zero-order valence-electron chi connectivity index (χ0n) is 34.5. The third-order valence-electron chi connectivity index (χ3n) is 13.0. The fourth-order valence-electron chi connectivity index (χ4n) is 9.56. The number of rotatable bonds is 5. The van der Waals surface area contributed by atoms with E-state index in [0.29, 0.717) is 5.92 Å². The second-order valence-corrected chi connectivity index (χ2v) is 24.7. The molecule has 290 valence electrons. The van der Waals surface area contributed by atoms with E-state index in [-0.39, 0.29) is 56.3 Å². The quantitative estimate of drug-likeness (QED) is 0.191. The van der Waals surface area contributed by atoms with Crippen molar-refractivity contribution < 1.29 is 54.9 Å². The fourth-order valence-corrected chi connectivity index (χ4v) is 19.3. The van der Waals surface area contributed by atoms with Crippen molar-refractivity contribution in [3.63, 3.8) is 0 Å². The van der Waals surface area contributed by atoms with Gasteiger partial charge in [-0.3, -0.25) is 0 Å². The van der Waals surface area contributed by atoms with E-state index in [4.69, 9.17) is 0 Å². The molecule has 0 bridgehead atoms. The molecule has 1 atom stereocenters. The van der Waals surface area contributed by atoms with Gasteiger partial charge in [-0.2, -0.15) is 0 Å². The maximum absolute atomic E-state index is 14.8. The summed E-state index contributed by atoms with van der Waals surface area (Å²) in [6.45, 7) is 23.5. The van der Waals surface area contributed by atoms with Crippen LogP contribution in [-0.4, -0.2) is 3.21 Å². The molecule has 0 saturated heterocycles. The maximum Gasteiger partial charge on any atom is -1.00 e. The molecule has 0 amide bonds. The second kappa shape index (κ2) is 15.3. The van der Waals surface area contributed by atoms with Gasteiger partial charge in [-0.05, 0) is 0 Å². The summed E-state index contributed by atoms with van der Waals surface area (Å²) in [5, 5.41) is 0. The third-order valence-corrected chi connectivity index (χ3v) is 21.5. The first-order chi connectivity index (χ1) is 25.5. The molecule has 0 saturated carbocycles. The van der Waals surface area contributed by atoms with Crippen molar-refractivity contribution in [3.05, 3.63) is 162 Å². The molecule has 0 fully saturated rings. The van der Waals surface area contributed by atoms with Crippen LogP contribution < -0.4 is 24.8 Å². The number of fused-ring (bicyclic) bond motifs is 5. The Hall–Kier alpha value is -2.97. The Bertz CT molecular complexity index is 2240. The average Bonchev–Trinajstić information content (AvgIpc) is 3.70. The van der Waals surface area contributed by atoms with Gasteiger partial charge in [-0.1, -0.05) is 0 Å². The molecular formula is C51H54Cl2F2Zr. The van der Waals surface area contributed by atoms with E-state index in [1.54, 1.807) is 27.5 Å². The van der Waals surface area contributed by atoms with Gasteiger partial charge in [0.2, 0.25) is 0 Å². The van der Waals surface area contributed by atoms with Crippen LogP contribution in [0.5, 0.6) is 0 Å². The van der Waals surface area contributed by atoms with Crippen LogP contribution in [0.25, 0.3) is 22.3 Å². The number of allylic oxidation sites excluding steroid dienone is 8. The van der Waals surface area contributed by atoms with Crippen molar-refractivity contribution in [1.29, 1.82) is 0 Å². The molecule has 1 unspecified atom stereocenters. The van der Waals surface area contributed by atoms with Crippen LogP contribution in [0.3, 0.4) is 0 Å². The van der Waals surface area contributed by atoms with Crippen LogP contribution in [0.2, 0.25) is 0 Å². The van der Waals surface area contributed by atoms with Crippen molar-refractivity contribution in [2.24, 2.45) is 11.3 Å². The Balaban J connectivity index is 0.00000266. The Kier molecular flexibility index (Phi) is 11.7. The minimum atomic E-state index is -3.27. The van der Waals surface area contributed by atoms with E-state index in [0.717, 1.165) is 30.4 Å². The van der Waals surface area contributed by atoms with Crippen molar-refractivity contribution in [3.8, 4) is 11.1 Å². The van der Waals surface area contributed by atoms with Crippen molar-refractivity contribution in [2.75, 3.05) is 0 Å². The molecule has 4 aliphatic carbocycles. The number of hydrogen-bond donors (Lipinski definition) is 0. The minimum Gasteiger partial charge on any atom is -1.00 e. The largest absolute Gasteiger partial charge is 1.00 e. The summed E-state index contributed by atoms with van der Waals surface area (Å²) in [5.74, 6) is -0.163. The summed E-state index contributed by atoms with van der Waals surface area (Å²) in [5.41, 5.74) is 17.5. The number of halogens is 4. The standard InChI is InChI=1S/C27H29.C13H8F2.C11H17.2ClH.Zr/c1-16-7-9-26(3,4)24-12-18-11-19-13-25-21(17(2)8-10-27(25,5)6)15-23(19)22(18)14-20(16)24;14-12-5-1-10(2-6-12)9-11-3-7-13(15)8-4-11;1-5-9-6-7-10(8-9)11(2,3)4;;;/h7-8,11-15H,9-10H2,1-6H3;1-8H;7-9H,5H2,1-4H3;2*1H;/q;;;;;+2/p-2. The van der Waals surface area contributed by atoms with Crippen molar-refractivity contribution in [2.45, 2.75) is 103 Å². The van der Waals surface area contributed by atoms with Gasteiger partial charge in [0, 0.05) is 0 Å². The zero-order valence-corrected chi connectivity index (χ0v) is 38.5. The Morgan fingerprint density at radius 3 is 1.50 bits per heavy atom. The molecule has 5 heteroatoms. The van der Waals surface area contributed by atoms with Crippen LogP contribution in [0, 0.1) is 23.0 Å². The molecule has 56 heavy (non-hydrogen) atoms. The van der Waals surface area contributed by atoms with Gasteiger partial charge in [0.05, 0.1) is 0 Å². The normalized spacial score (nSPS) is 18.7. The summed E-state index contributed by atoms with van der Waals surface area (Å²) in [7, 11) is 0. The molecule has 8 rings (SSSR count). The number of hydrogen-bond acceptors (Lipinski definition) is 0. The van der Waals surface area contributed by atoms with Crippen molar-refractivity contribution >= 4 is 14.4 Å². The van der Waals surface area contributed by atoms with Crippen LogP contribution in [-0.2, 0) is 32.1 Å². The molecule has 0 N–H and O–H groups in total. The van der Waals surface area contributed by atoms with E-state index in [2.05, 4.69) is 118 Å². The smallest absolute Gasteiger partial charge is 1.00 e. The van der Waals surface area contributed by atoms with Crippen LogP contribution in [0.1, 0.15) is 137 Å². The monoisotopic (exact) mass is 864 g/mol. The Morgan fingerprint density at radius 1 is 0.679 bits per heavy atom. The predicted molar refractivity (Wildman–Crippen MR) is 222 cm³/mol. The Morgan fingerprint density at radius 2 is 1.11 bits per heavy atom. The maximum atomic E-state index is 14.8. The molecular weight excluding hydrogens is 813 g/mol. The van der Waals surface area contributed by atoms with Gasteiger partial charge in [-0.25, -0.2) is 0 Å². The van der Waals surface area contributed by atoms with Crippen molar-refractivity contribution in [1.82, 2.24) is 0 Å². The van der Waals surface area contributed by atoms with Gasteiger partial charge in [0.1, 0.15) is 0 Å². The first kappa shape index (κ1) is 42.6. The van der Waals surface area contributed by atoms with Crippen LogP contribution in [0.15, 0.2) is 106 Å². The molecule has 0 aliphatic heterocycles. The van der Waals surface area contributed by atoms with Gasteiger partial charge < -0.3 is 24.8 Å². The molecule has 4 aromatic rings. The summed E-state index contributed by atoms with van der Waals surface area (Å²) in [4.78, 5) is 0.